The zero-order chi connectivity index (χ0) is 10.0. The van der Waals surface area contributed by atoms with Gasteiger partial charge < -0.3 is 10.2 Å². The van der Waals surface area contributed by atoms with Gasteiger partial charge in [-0.15, -0.1) is 6.58 Å². The third-order valence-electron chi connectivity index (χ3n) is 2.52. The Morgan fingerprint density at radius 1 is 1.31 bits per heavy atom. The van der Waals surface area contributed by atoms with Crippen LogP contribution >= 0.6 is 0 Å². The van der Waals surface area contributed by atoms with Crippen LogP contribution in [0.4, 0.5) is 0 Å². The Kier molecular flexibility index (Phi) is 3.07. The predicted molar refractivity (Wildman–Crippen MR) is 53.1 cm³/mol. The van der Waals surface area contributed by atoms with E-state index in [2.05, 4.69) is 13.2 Å². The van der Waals surface area contributed by atoms with Crippen LogP contribution in [0.25, 0.3) is 0 Å². The average molecular weight is 180 g/mol. The number of hydrogen-bond acceptors (Lipinski definition) is 2. The largest absolute Gasteiger partial charge is 0.388 e. The summed E-state index contributed by atoms with van der Waals surface area (Å²) in [5.41, 5.74) is 0.876. The third-order valence-corrected chi connectivity index (χ3v) is 2.52. The highest BCUT2D eigenvalue weighted by molar-refractivity contribution is 5.18. The second-order valence-corrected chi connectivity index (χ2v) is 3.55. The number of rotatable bonds is 2. The summed E-state index contributed by atoms with van der Waals surface area (Å²) < 4.78 is 0. The number of aliphatic hydroxyl groups excluding tert-OH is 2. The van der Waals surface area contributed by atoms with Gasteiger partial charge in [0.25, 0.3) is 0 Å². The maximum absolute atomic E-state index is 9.65. The van der Waals surface area contributed by atoms with E-state index in [-0.39, 0.29) is 11.8 Å². The van der Waals surface area contributed by atoms with E-state index in [0.29, 0.717) is 0 Å². The molecule has 4 atom stereocenters. The van der Waals surface area contributed by atoms with Crippen molar-refractivity contribution < 1.29 is 10.2 Å². The maximum atomic E-state index is 9.65. The van der Waals surface area contributed by atoms with Gasteiger partial charge in [-0.25, -0.2) is 0 Å². The van der Waals surface area contributed by atoms with Gasteiger partial charge in [0.05, 0.1) is 12.2 Å². The van der Waals surface area contributed by atoms with Crippen LogP contribution in [0.1, 0.15) is 6.92 Å². The zero-order valence-corrected chi connectivity index (χ0v) is 7.85. The van der Waals surface area contributed by atoms with Gasteiger partial charge in [0.2, 0.25) is 0 Å². The van der Waals surface area contributed by atoms with Crippen LogP contribution in [-0.4, -0.2) is 22.4 Å². The zero-order valence-electron chi connectivity index (χ0n) is 7.85. The fourth-order valence-corrected chi connectivity index (χ4v) is 1.82. The predicted octanol–water partition coefficient (Wildman–Crippen LogP) is 1.27. The van der Waals surface area contributed by atoms with Gasteiger partial charge in [0, 0.05) is 11.8 Å². The van der Waals surface area contributed by atoms with E-state index in [1.165, 1.54) is 0 Å². The minimum Gasteiger partial charge on any atom is -0.388 e. The molecule has 0 amide bonds. The van der Waals surface area contributed by atoms with E-state index >= 15 is 0 Å². The average Bonchev–Trinajstić information content (AvgIpc) is 2.07. The normalized spacial score (nSPS) is 38.7. The minimum atomic E-state index is -0.553. The molecule has 0 aromatic heterocycles. The Hall–Kier alpha value is -0.860. The monoisotopic (exact) mass is 180 g/mol. The first-order valence-corrected chi connectivity index (χ1v) is 4.40. The van der Waals surface area contributed by atoms with E-state index in [1.54, 1.807) is 18.2 Å². The van der Waals surface area contributed by atoms with Gasteiger partial charge in [0.1, 0.15) is 0 Å². The van der Waals surface area contributed by atoms with Crippen LogP contribution in [0.2, 0.25) is 0 Å². The summed E-state index contributed by atoms with van der Waals surface area (Å²) in [4.78, 5) is 0. The molecule has 0 heterocycles. The highest BCUT2D eigenvalue weighted by atomic mass is 16.3. The molecule has 0 bridgehead atoms. The van der Waals surface area contributed by atoms with Crippen LogP contribution in [0.15, 0.2) is 37.0 Å². The standard InChI is InChI=1S/C11H16O2/c1-4-8-9(12)5-6-10(13)11(8)7(2)3/h4-6,8-13H,1-2H2,3H3. The van der Waals surface area contributed by atoms with Crippen molar-refractivity contribution in [3.63, 3.8) is 0 Å². The van der Waals surface area contributed by atoms with Crippen LogP contribution in [0.5, 0.6) is 0 Å². The van der Waals surface area contributed by atoms with E-state index < -0.39 is 12.2 Å². The molecule has 0 aliphatic heterocycles. The summed E-state index contributed by atoms with van der Waals surface area (Å²) >= 11 is 0. The van der Waals surface area contributed by atoms with Gasteiger partial charge in [-0.05, 0) is 6.92 Å². The number of aliphatic hydroxyl groups is 2. The lowest BCUT2D eigenvalue weighted by molar-refractivity contribution is 0.0722. The van der Waals surface area contributed by atoms with Gasteiger partial charge in [-0.3, -0.25) is 0 Å². The lowest BCUT2D eigenvalue weighted by Gasteiger charge is -2.33. The summed E-state index contributed by atoms with van der Waals surface area (Å²) in [6.45, 7) is 9.32. The molecule has 0 radical (unpaired) electrons. The first-order chi connectivity index (χ1) is 6.07. The van der Waals surface area contributed by atoms with Crippen molar-refractivity contribution in [2.75, 3.05) is 0 Å². The molecule has 0 spiro atoms. The van der Waals surface area contributed by atoms with E-state index in [1.807, 2.05) is 6.92 Å². The molecular weight excluding hydrogens is 164 g/mol. The molecule has 0 saturated heterocycles. The molecule has 13 heavy (non-hydrogen) atoms. The lowest BCUT2D eigenvalue weighted by Crippen LogP contribution is -2.36. The van der Waals surface area contributed by atoms with Crippen molar-refractivity contribution in [3.8, 4) is 0 Å². The molecule has 4 unspecified atom stereocenters. The molecule has 0 saturated carbocycles. The summed E-state index contributed by atoms with van der Waals surface area (Å²) in [7, 11) is 0. The topological polar surface area (TPSA) is 40.5 Å². The first kappa shape index (κ1) is 10.2. The highest BCUT2D eigenvalue weighted by Crippen LogP contribution is 2.31. The molecule has 2 nitrogen and oxygen atoms in total. The second kappa shape index (κ2) is 3.90. The van der Waals surface area contributed by atoms with Gasteiger partial charge in [0.15, 0.2) is 0 Å². The Morgan fingerprint density at radius 3 is 2.23 bits per heavy atom. The summed E-state index contributed by atoms with van der Waals surface area (Å²) in [5, 5.41) is 19.2. The molecule has 0 aromatic carbocycles. The van der Waals surface area contributed by atoms with Gasteiger partial charge >= 0.3 is 0 Å². The molecule has 0 fully saturated rings. The van der Waals surface area contributed by atoms with Gasteiger partial charge in [-0.2, -0.15) is 0 Å². The Bertz CT molecular complexity index is 242. The van der Waals surface area contributed by atoms with Crippen LogP contribution in [-0.2, 0) is 0 Å². The third kappa shape index (κ3) is 1.90. The molecule has 1 aliphatic carbocycles. The van der Waals surface area contributed by atoms with Crippen LogP contribution < -0.4 is 0 Å². The second-order valence-electron chi connectivity index (χ2n) is 3.55. The molecule has 2 N–H and O–H groups in total. The highest BCUT2D eigenvalue weighted by Gasteiger charge is 2.32. The van der Waals surface area contributed by atoms with E-state index in [0.717, 1.165) is 5.57 Å². The fraction of sp³-hybridized carbons (Fsp3) is 0.455. The van der Waals surface area contributed by atoms with Crippen molar-refractivity contribution in [1.29, 1.82) is 0 Å². The van der Waals surface area contributed by atoms with Crippen molar-refractivity contribution >= 4 is 0 Å². The molecule has 72 valence electrons. The Labute approximate surface area is 78.9 Å². The summed E-state index contributed by atoms with van der Waals surface area (Å²) in [6.07, 6.45) is 3.79. The van der Waals surface area contributed by atoms with Crippen LogP contribution in [0, 0.1) is 11.8 Å². The van der Waals surface area contributed by atoms with E-state index in [9.17, 15) is 10.2 Å². The quantitative estimate of drug-likeness (QED) is 0.628. The van der Waals surface area contributed by atoms with E-state index in [4.69, 9.17) is 0 Å². The van der Waals surface area contributed by atoms with Crippen molar-refractivity contribution in [2.45, 2.75) is 19.1 Å². The summed E-state index contributed by atoms with van der Waals surface area (Å²) in [5.74, 6) is -0.241. The van der Waals surface area contributed by atoms with Crippen molar-refractivity contribution in [2.24, 2.45) is 11.8 Å². The van der Waals surface area contributed by atoms with Crippen molar-refractivity contribution in [3.05, 3.63) is 37.0 Å². The van der Waals surface area contributed by atoms with Crippen molar-refractivity contribution in [1.82, 2.24) is 0 Å². The molecule has 0 aromatic rings. The lowest BCUT2D eigenvalue weighted by atomic mass is 9.76. The Morgan fingerprint density at radius 2 is 1.85 bits per heavy atom. The smallest absolute Gasteiger partial charge is 0.0793 e. The first-order valence-electron chi connectivity index (χ1n) is 4.40. The SMILES string of the molecule is C=CC1C(O)C=CC(O)C1C(=C)C. The minimum absolute atomic E-state index is 0.113. The summed E-state index contributed by atoms with van der Waals surface area (Å²) in [6, 6.07) is 0. The fourth-order valence-electron chi connectivity index (χ4n) is 1.82. The molecule has 1 aliphatic rings. The maximum Gasteiger partial charge on any atom is 0.0793 e. The molecular formula is C11H16O2. The Balaban J connectivity index is 2.94. The van der Waals surface area contributed by atoms with Crippen LogP contribution in [0.3, 0.4) is 0 Å². The molecule has 2 heteroatoms. The van der Waals surface area contributed by atoms with Gasteiger partial charge in [-0.1, -0.05) is 30.4 Å². The molecule has 1 rings (SSSR count). The number of hydrogen-bond donors (Lipinski definition) is 2.